The van der Waals surface area contributed by atoms with E-state index in [0.29, 0.717) is 11.4 Å². The Hall–Kier alpha value is -1.75. The third kappa shape index (κ3) is 2.14. The first-order valence-corrected chi connectivity index (χ1v) is 3.89. The Kier molecular flexibility index (Phi) is 3.30. The first-order chi connectivity index (χ1) is 6.69. The molecule has 2 N–H and O–H groups in total. The molecule has 5 heteroatoms. The van der Waals surface area contributed by atoms with Gasteiger partial charge in [-0.1, -0.05) is 0 Å². The predicted octanol–water partition coefficient (Wildman–Crippen LogP) is 1.37. The van der Waals surface area contributed by atoms with Gasteiger partial charge in [0.15, 0.2) is 0 Å². The van der Waals surface area contributed by atoms with E-state index >= 15 is 0 Å². The van der Waals surface area contributed by atoms with Gasteiger partial charge in [-0.05, 0) is 18.2 Å². The Bertz CT molecular complexity index is 338. The van der Waals surface area contributed by atoms with Crippen molar-refractivity contribution in [2.45, 2.75) is 0 Å². The van der Waals surface area contributed by atoms with Crippen LogP contribution in [-0.4, -0.2) is 25.3 Å². The molecule has 0 saturated carbocycles. The van der Waals surface area contributed by atoms with Crippen molar-refractivity contribution < 1.29 is 19.5 Å². The molecule has 0 spiro atoms. The van der Waals surface area contributed by atoms with Crippen molar-refractivity contribution in [3.63, 3.8) is 0 Å². The Labute approximate surface area is 81.2 Å². The molecule has 0 aliphatic heterocycles. The van der Waals surface area contributed by atoms with E-state index in [9.17, 15) is 4.79 Å². The van der Waals surface area contributed by atoms with Gasteiger partial charge in [0.1, 0.15) is 11.3 Å². The molecule has 5 nitrogen and oxygen atoms in total. The molecule has 0 amide bonds. The van der Waals surface area contributed by atoms with Crippen LogP contribution >= 0.6 is 0 Å². The van der Waals surface area contributed by atoms with Crippen molar-refractivity contribution in [1.29, 1.82) is 0 Å². The van der Waals surface area contributed by atoms with Gasteiger partial charge in [-0.25, -0.2) is 4.79 Å². The number of rotatable bonds is 4. The van der Waals surface area contributed by atoms with E-state index in [2.05, 4.69) is 10.3 Å². The molecule has 0 aromatic heterocycles. The molecule has 1 rings (SSSR count). The standard InChI is InChI=1S/C9H11NO4/c1-13-8-4-3-6(10-14-2)5-7(8)9(11)12/h3-5,10H,1-2H3,(H,11,12). The number of aromatic carboxylic acids is 1. The van der Waals surface area contributed by atoms with Crippen LogP contribution in [0.5, 0.6) is 5.75 Å². The van der Waals surface area contributed by atoms with Crippen LogP contribution in [0.1, 0.15) is 10.4 Å². The van der Waals surface area contributed by atoms with E-state index in [1.54, 1.807) is 12.1 Å². The number of carboxylic acids is 1. The quantitative estimate of drug-likeness (QED) is 0.713. The minimum atomic E-state index is -1.04. The Morgan fingerprint density at radius 2 is 2.14 bits per heavy atom. The number of hydrogen-bond acceptors (Lipinski definition) is 4. The highest BCUT2D eigenvalue weighted by Gasteiger charge is 2.11. The number of carboxylic acid groups (broad SMARTS) is 1. The smallest absolute Gasteiger partial charge is 0.339 e. The third-order valence-corrected chi connectivity index (χ3v) is 1.65. The van der Waals surface area contributed by atoms with Gasteiger partial charge in [0.25, 0.3) is 0 Å². The summed E-state index contributed by atoms with van der Waals surface area (Å²) in [4.78, 5) is 15.4. The van der Waals surface area contributed by atoms with Gasteiger partial charge in [-0.15, -0.1) is 0 Å². The maximum absolute atomic E-state index is 10.8. The van der Waals surface area contributed by atoms with Crippen molar-refractivity contribution in [2.75, 3.05) is 19.7 Å². The van der Waals surface area contributed by atoms with Crippen molar-refractivity contribution in [3.8, 4) is 5.75 Å². The molecule has 0 heterocycles. The summed E-state index contributed by atoms with van der Waals surface area (Å²) >= 11 is 0. The molecule has 0 saturated heterocycles. The van der Waals surface area contributed by atoms with Gasteiger partial charge in [0, 0.05) is 0 Å². The van der Waals surface area contributed by atoms with Crippen LogP contribution in [0.4, 0.5) is 5.69 Å². The minimum Gasteiger partial charge on any atom is -0.496 e. The van der Waals surface area contributed by atoms with Gasteiger partial charge in [-0.2, -0.15) is 0 Å². The molecule has 0 fully saturated rings. The summed E-state index contributed by atoms with van der Waals surface area (Å²) in [5.74, 6) is -0.722. The highest BCUT2D eigenvalue weighted by molar-refractivity contribution is 5.92. The molecular weight excluding hydrogens is 186 g/mol. The monoisotopic (exact) mass is 197 g/mol. The lowest BCUT2D eigenvalue weighted by Crippen LogP contribution is -2.03. The van der Waals surface area contributed by atoms with Gasteiger partial charge in [0.05, 0.1) is 19.9 Å². The maximum Gasteiger partial charge on any atom is 0.339 e. The fraction of sp³-hybridized carbons (Fsp3) is 0.222. The molecule has 0 aliphatic carbocycles. The van der Waals surface area contributed by atoms with Crippen LogP contribution in [0.25, 0.3) is 0 Å². The largest absolute Gasteiger partial charge is 0.496 e. The molecule has 14 heavy (non-hydrogen) atoms. The van der Waals surface area contributed by atoms with E-state index in [0.717, 1.165) is 0 Å². The Balaban J connectivity index is 3.07. The second-order valence-corrected chi connectivity index (χ2v) is 2.53. The first-order valence-electron chi connectivity index (χ1n) is 3.89. The maximum atomic E-state index is 10.8. The van der Waals surface area contributed by atoms with Gasteiger partial charge in [-0.3, -0.25) is 10.3 Å². The van der Waals surface area contributed by atoms with Crippen molar-refractivity contribution >= 4 is 11.7 Å². The zero-order valence-corrected chi connectivity index (χ0v) is 7.90. The fourth-order valence-corrected chi connectivity index (χ4v) is 1.06. The summed E-state index contributed by atoms with van der Waals surface area (Å²) in [5, 5.41) is 8.84. The van der Waals surface area contributed by atoms with Crippen LogP contribution in [0.15, 0.2) is 18.2 Å². The minimum absolute atomic E-state index is 0.0922. The van der Waals surface area contributed by atoms with E-state index in [4.69, 9.17) is 9.84 Å². The number of benzene rings is 1. The Morgan fingerprint density at radius 1 is 1.43 bits per heavy atom. The van der Waals surface area contributed by atoms with E-state index in [1.165, 1.54) is 20.3 Å². The summed E-state index contributed by atoms with van der Waals surface area (Å²) in [6.07, 6.45) is 0. The number of hydrogen-bond donors (Lipinski definition) is 2. The van der Waals surface area contributed by atoms with Crippen LogP contribution in [0.2, 0.25) is 0 Å². The van der Waals surface area contributed by atoms with E-state index < -0.39 is 5.97 Å². The normalized spacial score (nSPS) is 9.57. The van der Waals surface area contributed by atoms with Gasteiger partial charge in [0.2, 0.25) is 0 Å². The van der Waals surface area contributed by atoms with Crippen molar-refractivity contribution in [2.24, 2.45) is 0 Å². The van der Waals surface area contributed by atoms with Gasteiger partial charge < -0.3 is 9.84 Å². The first kappa shape index (κ1) is 10.3. The van der Waals surface area contributed by atoms with Crippen LogP contribution in [0.3, 0.4) is 0 Å². The summed E-state index contributed by atoms with van der Waals surface area (Å²) in [6.45, 7) is 0. The molecular formula is C9H11NO4. The number of anilines is 1. The topological polar surface area (TPSA) is 67.8 Å². The third-order valence-electron chi connectivity index (χ3n) is 1.65. The lowest BCUT2D eigenvalue weighted by molar-refractivity contribution is 0.0693. The zero-order chi connectivity index (χ0) is 10.6. The highest BCUT2D eigenvalue weighted by Crippen LogP contribution is 2.22. The molecule has 0 unspecified atom stereocenters. The van der Waals surface area contributed by atoms with Gasteiger partial charge >= 0.3 is 5.97 Å². The summed E-state index contributed by atoms with van der Waals surface area (Å²) in [7, 11) is 2.87. The summed E-state index contributed by atoms with van der Waals surface area (Å²) in [6, 6.07) is 4.66. The van der Waals surface area contributed by atoms with Crippen LogP contribution < -0.4 is 10.2 Å². The SMILES string of the molecule is CONc1ccc(OC)c(C(=O)O)c1. The van der Waals surface area contributed by atoms with Crippen LogP contribution in [-0.2, 0) is 4.84 Å². The van der Waals surface area contributed by atoms with Crippen molar-refractivity contribution in [1.82, 2.24) is 0 Å². The zero-order valence-electron chi connectivity index (χ0n) is 7.90. The molecule has 0 aliphatic rings. The molecule has 76 valence electrons. The molecule has 1 aromatic rings. The average Bonchev–Trinajstić information content (AvgIpc) is 2.18. The predicted molar refractivity (Wildman–Crippen MR) is 50.6 cm³/mol. The lowest BCUT2D eigenvalue weighted by Gasteiger charge is -2.07. The summed E-state index contributed by atoms with van der Waals surface area (Å²) < 4.78 is 4.89. The van der Waals surface area contributed by atoms with Crippen molar-refractivity contribution in [3.05, 3.63) is 23.8 Å². The second kappa shape index (κ2) is 4.48. The van der Waals surface area contributed by atoms with E-state index in [1.807, 2.05) is 0 Å². The lowest BCUT2D eigenvalue weighted by atomic mass is 10.2. The number of methoxy groups -OCH3 is 1. The second-order valence-electron chi connectivity index (χ2n) is 2.53. The number of ether oxygens (including phenoxy) is 1. The molecule has 0 atom stereocenters. The molecule has 0 radical (unpaired) electrons. The highest BCUT2D eigenvalue weighted by atomic mass is 16.6. The van der Waals surface area contributed by atoms with Crippen LogP contribution in [0, 0.1) is 0 Å². The number of nitrogens with one attached hydrogen (secondary N) is 1. The molecule has 0 bridgehead atoms. The Morgan fingerprint density at radius 3 is 2.64 bits per heavy atom. The summed E-state index contributed by atoms with van der Waals surface area (Å²) in [5.41, 5.74) is 3.19. The molecule has 1 aromatic carbocycles. The number of carbonyl (C=O) groups is 1. The fourth-order valence-electron chi connectivity index (χ4n) is 1.06. The average molecular weight is 197 g/mol. The van der Waals surface area contributed by atoms with E-state index in [-0.39, 0.29) is 5.56 Å².